The summed E-state index contributed by atoms with van der Waals surface area (Å²) in [6.45, 7) is 6.69. The van der Waals surface area contributed by atoms with Crippen molar-refractivity contribution in [1.82, 2.24) is 19.7 Å². The second-order valence-corrected chi connectivity index (χ2v) is 7.14. The van der Waals surface area contributed by atoms with Crippen molar-refractivity contribution in [2.45, 2.75) is 52.5 Å². The molecule has 0 unspecified atom stereocenters. The van der Waals surface area contributed by atoms with Gasteiger partial charge in [0.2, 0.25) is 5.91 Å². The quantitative estimate of drug-likeness (QED) is 0.812. The van der Waals surface area contributed by atoms with E-state index in [-0.39, 0.29) is 0 Å². The number of aryl methyl sites for hydroxylation is 3. The minimum atomic E-state index is 0.295. The van der Waals surface area contributed by atoms with Crippen LogP contribution in [0.4, 0.5) is 0 Å². The first-order valence-corrected chi connectivity index (χ1v) is 9.29. The van der Waals surface area contributed by atoms with Gasteiger partial charge >= 0.3 is 0 Å². The van der Waals surface area contributed by atoms with E-state index >= 15 is 0 Å². The molecule has 0 radical (unpaired) electrons. The molecule has 0 bridgehead atoms. The van der Waals surface area contributed by atoms with Gasteiger partial charge in [0.05, 0.1) is 5.69 Å². The topological polar surface area (TPSA) is 51.0 Å². The van der Waals surface area contributed by atoms with Crippen molar-refractivity contribution in [2.24, 2.45) is 5.92 Å². The molecule has 3 heterocycles. The van der Waals surface area contributed by atoms with Crippen LogP contribution in [-0.4, -0.2) is 38.7 Å². The number of nitrogens with zero attached hydrogens (tertiary/aromatic N) is 4. The molecule has 0 N–H and O–H groups in total. The van der Waals surface area contributed by atoms with E-state index in [1.807, 2.05) is 28.9 Å². The average Bonchev–Trinajstić information content (AvgIpc) is 2.94. The molecule has 3 rings (SSSR count). The number of piperidine rings is 1. The van der Waals surface area contributed by atoms with Gasteiger partial charge in [0.25, 0.3) is 0 Å². The number of carbonyl (C=O) groups excluding carboxylic acids is 1. The van der Waals surface area contributed by atoms with E-state index in [0.717, 1.165) is 51.0 Å². The Labute approximate surface area is 150 Å². The summed E-state index contributed by atoms with van der Waals surface area (Å²) in [5.74, 6) is 0.977. The lowest BCUT2D eigenvalue weighted by Crippen LogP contribution is -2.38. The minimum Gasteiger partial charge on any atom is -0.343 e. The highest BCUT2D eigenvalue weighted by Gasteiger charge is 2.22. The van der Waals surface area contributed by atoms with Crippen LogP contribution in [0.15, 0.2) is 30.6 Å². The molecule has 0 aliphatic carbocycles. The van der Waals surface area contributed by atoms with Crippen molar-refractivity contribution < 1.29 is 4.79 Å². The highest BCUT2D eigenvalue weighted by molar-refractivity contribution is 5.76. The van der Waals surface area contributed by atoms with Crippen molar-refractivity contribution in [3.05, 3.63) is 47.5 Å². The summed E-state index contributed by atoms with van der Waals surface area (Å²) in [6, 6.07) is 6.27. The van der Waals surface area contributed by atoms with Gasteiger partial charge in [-0.15, -0.1) is 0 Å². The van der Waals surface area contributed by atoms with Gasteiger partial charge < -0.3 is 4.90 Å². The molecule has 1 amide bonds. The van der Waals surface area contributed by atoms with Crippen LogP contribution in [0.2, 0.25) is 0 Å². The van der Waals surface area contributed by atoms with Crippen LogP contribution in [-0.2, 0) is 17.8 Å². The fraction of sp³-hybridized carbons (Fsp3) is 0.550. The van der Waals surface area contributed by atoms with Gasteiger partial charge in [-0.05, 0) is 69.2 Å². The maximum atomic E-state index is 12.4. The summed E-state index contributed by atoms with van der Waals surface area (Å²) in [5.41, 5.74) is 3.56. The summed E-state index contributed by atoms with van der Waals surface area (Å²) in [6.07, 6.45) is 8.50. The molecule has 5 nitrogen and oxygen atoms in total. The monoisotopic (exact) mass is 340 g/mol. The largest absolute Gasteiger partial charge is 0.343 e. The van der Waals surface area contributed by atoms with Crippen LogP contribution < -0.4 is 0 Å². The maximum absolute atomic E-state index is 12.4. The molecule has 0 saturated carbocycles. The number of amides is 1. The van der Waals surface area contributed by atoms with E-state index < -0.39 is 0 Å². The fourth-order valence-electron chi connectivity index (χ4n) is 3.68. The van der Waals surface area contributed by atoms with Gasteiger partial charge in [0.15, 0.2) is 0 Å². The molecular weight excluding hydrogens is 312 g/mol. The molecule has 25 heavy (non-hydrogen) atoms. The minimum absolute atomic E-state index is 0.295. The van der Waals surface area contributed by atoms with Gasteiger partial charge in [0.1, 0.15) is 0 Å². The van der Waals surface area contributed by atoms with Crippen LogP contribution in [0.25, 0.3) is 0 Å². The standard InChI is InChI=1S/C20H28N4O/c1-16-14-17(2)24(22-16)11-3-4-20(25)23-12-7-19(8-13-23)15-18-5-9-21-10-6-18/h5-6,9-10,14,19H,3-4,7-8,11-13,15H2,1-2H3. The maximum Gasteiger partial charge on any atom is 0.222 e. The average molecular weight is 340 g/mol. The predicted molar refractivity (Wildman–Crippen MR) is 98.2 cm³/mol. The van der Waals surface area contributed by atoms with Gasteiger partial charge in [-0.1, -0.05) is 0 Å². The lowest BCUT2D eigenvalue weighted by Gasteiger charge is -2.32. The van der Waals surface area contributed by atoms with Crippen LogP contribution in [0.1, 0.15) is 42.6 Å². The number of likely N-dealkylation sites (tertiary alicyclic amines) is 1. The Morgan fingerprint density at radius 2 is 1.92 bits per heavy atom. The number of aromatic nitrogens is 3. The van der Waals surface area contributed by atoms with E-state index in [1.54, 1.807) is 0 Å². The number of carbonyl (C=O) groups is 1. The van der Waals surface area contributed by atoms with Crippen LogP contribution in [0.3, 0.4) is 0 Å². The third-order valence-electron chi connectivity index (χ3n) is 5.10. The molecule has 134 valence electrons. The van der Waals surface area contributed by atoms with Crippen molar-refractivity contribution in [3.8, 4) is 0 Å². The van der Waals surface area contributed by atoms with E-state index in [1.165, 1.54) is 11.3 Å². The summed E-state index contributed by atoms with van der Waals surface area (Å²) < 4.78 is 2.00. The molecule has 0 aromatic carbocycles. The zero-order chi connectivity index (χ0) is 17.6. The highest BCUT2D eigenvalue weighted by Crippen LogP contribution is 2.22. The molecule has 1 saturated heterocycles. The van der Waals surface area contributed by atoms with Crippen LogP contribution in [0, 0.1) is 19.8 Å². The second kappa shape index (κ2) is 8.28. The van der Waals surface area contributed by atoms with E-state index in [9.17, 15) is 4.79 Å². The Kier molecular flexibility index (Phi) is 5.84. The molecule has 1 aliphatic rings. The van der Waals surface area contributed by atoms with Gasteiger partial charge in [-0.3, -0.25) is 14.5 Å². The zero-order valence-electron chi connectivity index (χ0n) is 15.3. The molecule has 5 heteroatoms. The first-order chi connectivity index (χ1) is 12.1. The van der Waals surface area contributed by atoms with Crippen molar-refractivity contribution in [1.29, 1.82) is 0 Å². The van der Waals surface area contributed by atoms with Crippen molar-refractivity contribution in [3.63, 3.8) is 0 Å². The van der Waals surface area contributed by atoms with Crippen LogP contribution in [0.5, 0.6) is 0 Å². The molecule has 2 aromatic heterocycles. The smallest absolute Gasteiger partial charge is 0.222 e. The highest BCUT2D eigenvalue weighted by atomic mass is 16.2. The molecule has 0 atom stereocenters. The lowest BCUT2D eigenvalue weighted by atomic mass is 9.90. The number of hydrogen-bond donors (Lipinski definition) is 0. The second-order valence-electron chi connectivity index (χ2n) is 7.14. The van der Waals surface area contributed by atoms with Crippen molar-refractivity contribution >= 4 is 5.91 Å². The Morgan fingerprint density at radius 3 is 2.56 bits per heavy atom. The first kappa shape index (κ1) is 17.6. The summed E-state index contributed by atoms with van der Waals surface area (Å²) in [5, 5.41) is 4.46. The normalized spacial score (nSPS) is 15.5. The Balaban J connectivity index is 1.38. The molecule has 1 fully saturated rings. The molecule has 0 spiro atoms. The fourth-order valence-corrected chi connectivity index (χ4v) is 3.68. The van der Waals surface area contributed by atoms with E-state index in [2.05, 4.69) is 35.2 Å². The first-order valence-electron chi connectivity index (χ1n) is 9.29. The van der Waals surface area contributed by atoms with Gasteiger partial charge in [-0.25, -0.2) is 0 Å². The predicted octanol–water partition coefficient (Wildman–Crippen LogP) is 3.16. The summed E-state index contributed by atoms with van der Waals surface area (Å²) in [4.78, 5) is 18.5. The van der Waals surface area contributed by atoms with Crippen molar-refractivity contribution in [2.75, 3.05) is 13.1 Å². The number of pyridine rings is 1. The van der Waals surface area contributed by atoms with Gasteiger partial charge in [-0.2, -0.15) is 5.10 Å². The Hall–Kier alpha value is -2.17. The third-order valence-corrected chi connectivity index (χ3v) is 5.10. The Bertz CT molecular complexity index is 687. The lowest BCUT2D eigenvalue weighted by molar-refractivity contribution is -0.132. The SMILES string of the molecule is Cc1cc(C)n(CCCC(=O)N2CCC(Cc3ccncc3)CC2)n1. The van der Waals surface area contributed by atoms with Gasteiger partial charge in [0, 0.05) is 44.1 Å². The molecule has 1 aliphatic heterocycles. The van der Waals surface area contributed by atoms with E-state index in [4.69, 9.17) is 0 Å². The zero-order valence-corrected chi connectivity index (χ0v) is 15.3. The Morgan fingerprint density at radius 1 is 1.20 bits per heavy atom. The molecule has 2 aromatic rings. The van der Waals surface area contributed by atoms with E-state index in [0.29, 0.717) is 18.2 Å². The summed E-state index contributed by atoms with van der Waals surface area (Å²) >= 11 is 0. The summed E-state index contributed by atoms with van der Waals surface area (Å²) in [7, 11) is 0. The number of hydrogen-bond acceptors (Lipinski definition) is 3. The number of rotatable bonds is 6. The van der Waals surface area contributed by atoms with Crippen LogP contribution >= 0.6 is 0 Å². The third kappa shape index (κ3) is 4.91. The molecular formula is C20H28N4O.